The smallest absolute Gasteiger partial charge is 0.179 e. The fourth-order valence-electron chi connectivity index (χ4n) is 1.26. The molecule has 0 N–H and O–H groups in total. The molecule has 0 aromatic rings. The maximum atomic E-state index is 5.33. The number of hydrogen-bond donors (Lipinski definition) is 0. The van der Waals surface area contributed by atoms with Gasteiger partial charge in [0.1, 0.15) is 0 Å². The summed E-state index contributed by atoms with van der Waals surface area (Å²) in [5, 5.41) is 0. The van der Waals surface area contributed by atoms with Crippen LogP contribution in [0, 0.1) is 0 Å². The van der Waals surface area contributed by atoms with Gasteiger partial charge in [0, 0.05) is 0 Å². The quantitative estimate of drug-likeness (QED) is 0.622. The monoisotopic (exact) mass is 182 g/mol. The molecule has 0 amide bonds. The van der Waals surface area contributed by atoms with Crippen LogP contribution in [0.2, 0.25) is 0 Å². The average Bonchev–Trinajstić information content (AvgIpc) is 2.55. The average molecular weight is 182 g/mol. The van der Waals surface area contributed by atoms with Crippen molar-refractivity contribution in [3.05, 3.63) is 23.8 Å². The summed E-state index contributed by atoms with van der Waals surface area (Å²) in [6.07, 6.45) is 4.05. The Morgan fingerprint density at radius 1 is 1.38 bits per heavy atom. The maximum absolute atomic E-state index is 5.33. The molecule has 0 radical (unpaired) electrons. The van der Waals surface area contributed by atoms with Crippen LogP contribution in [0.3, 0.4) is 0 Å². The fourth-order valence-corrected chi connectivity index (χ4v) is 1.26. The zero-order valence-electron chi connectivity index (χ0n) is 8.51. The van der Waals surface area contributed by atoms with Crippen molar-refractivity contribution in [3.63, 3.8) is 0 Å². The Morgan fingerprint density at radius 3 is 2.54 bits per heavy atom. The van der Waals surface area contributed by atoms with Gasteiger partial charge in [-0.25, -0.2) is 0 Å². The van der Waals surface area contributed by atoms with Gasteiger partial charge in [-0.1, -0.05) is 18.2 Å². The first-order valence-corrected chi connectivity index (χ1v) is 4.74. The highest BCUT2D eigenvalue weighted by Crippen LogP contribution is 2.17. The van der Waals surface area contributed by atoms with Gasteiger partial charge in [0.15, 0.2) is 6.29 Å². The van der Waals surface area contributed by atoms with Gasteiger partial charge in [0.05, 0.1) is 13.2 Å². The first kappa shape index (κ1) is 10.5. The molecule has 1 aliphatic rings. The van der Waals surface area contributed by atoms with E-state index in [2.05, 4.69) is 26.5 Å². The van der Waals surface area contributed by atoms with E-state index in [-0.39, 0.29) is 6.29 Å². The Labute approximate surface area is 80.2 Å². The highest BCUT2D eigenvalue weighted by Gasteiger charge is 2.18. The maximum Gasteiger partial charge on any atom is 0.179 e. The standard InChI is InChI=1S/C11H18O2/c1-9(2)5-4-6-10(3)11-12-7-8-13-11/h5,11H,3-4,6-8H2,1-2H3. The molecule has 2 heteroatoms. The summed E-state index contributed by atoms with van der Waals surface area (Å²) in [7, 11) is 0. The second kappa shape index (κ2) is 5.20. The van der Waals surface area contributed by atoms with E-state index >= 15 is 0 Å². The summed E-state index contributed by atoms with van der Waals surface area (Å²) < 4.78 is 10.7. The van der Waals surface area contributed by atoms with Gasteiger partial charge in [-0.3, -0.25) is 0 Å². The predicted octanol–water partition coefficient (Wildman–Crippen LogP) is 2.66. The molecule has 0 atom stereocenters. The topological polar surface area (TPSA) is 18.5 Å². The molecule has 13 heavy (non-hydrogen) atoms. The summed E-state index contributed by atoms with van der Waals surface area (Å²) >= 11 is 0. The molecular weight excluding hydrogens is 164 g/mol. The lowest BCUT2D eigenvalue weighted by Crippen LogP contribution is -2.09. The van der Waals surface area contributed by atoms with Crippen LogP contribution in [0.1, 0.15) is 26.7 Å². The van der Waals surface area contributed by atoms with Crippen LogP contribution < -0.4 is 0 Å². The molecule has 2 nitrogen and oxygen atoms in total. The Morgan fingerprint density at radius 2 is 2.00 bits per heavy atom. The summed E-state index contributed by atoms with van der Waals surface area (Å²) in [6, 6.07) is 0. The highest BCUT2D eigenvalue weighted by atomic mass is 16.7. The predicted molar refractivity (Wildman–Crippen MR) is 53.5 cm³/mol. The number of rotatable bonds is 4. The molecule has 1 rings (SSSR count). The fraction of sp³-hybridized carbons (Fsp3) is 0.636. The zero-order chi connectivity index (χ0) is 9.68. The van der Waals surface area contributed by atoms with Crippen molar-refractivity contribution in [1.82, 2.24) is 0 Å². The summed E-state index contributed by atoms with van der Waals surface area (Å²) in [5.41, 5.74) is 2.40. The molecule has 0 unspecified atom stereocenters. The minimum atomic E-state index is -0.148. The van der Waals surface area contributed by atoms with E-state index in [1.807, 2.05) is 0 Å². The second-order valence-electron chi connectivity index (χ2n) is 3.55. The minimum Gasteiger partial charge on any atom is -0.346 e. The molecule has 0 bridgehead atoms. The molecule has 1 heterocycles. The lowest BCUT2D eigenvalue weighted by molar-refractivity contribution is -0.0129. The third-order valence-electron chi connectivity index (χ3n) is 1.97. The van der Waals surface area contributed by atoms with E-state index in [0.29, 0.717) is 13.2 Å². The molecule has 1 fully saturated rings. The molecule has 0 aromatic heterocycles. The van der Waals surface area contributed by atoms with Crippen molar-refractivity contribution in [2.24, 2.45) is 0 Å². The largest absolute Gasteiger partial charge is 0.346 e. The van der Waals surface area contributed by atoms with E-state index in [1.165, 1.54) is 5.57 Å². The SMILES string of the molecule is C=C(CCC=C(C)C)C1OCCO1. The zero-order valence-corrected chi connectivity index (χ0v) is 8.51. The molecule has 0 aromatic carbocycles. The summed E-state index contributed by atoms with van der Waals surface area (Å²) in [6.45, 7) is 9.56. The van der Waals surface area contributed by atoms with Gasteiger partial charge in [0.2, 0.25) is 0 Å². The van der Waals surface area contributed by atoms with Gasteiger partial charge in [-0.05, 0) is 32.3 Å². The van der Waals surface area contributed by atoms with Crippen molar-refractivity contribution < 1.29 is 9.47 Å². The van der Waals surface area contributed by atoms with Crippen LogP contribution in [0.4, 0.5) is 0 Å². The van der Waals surface area contributed by atoms with Crippen LogP contribution in [0.15, 0.2) is 23.8 Å². The van der Waals surface area contributed by atoms with Gasteiger partial charge in [-0.2, -0.15) is 0 Å². The van der Waals surface area contributed by atoms with Gasteiger partial charge in [-0.15, -0.1) is 0 Å². The number of allylic oxidation sites excluding steroid dienone is 2. The van der Waals surface area contributed by atoms with E-state index in [9.17, 15) is 0 Å². The Hall–Kier alpha value is -0.600. The van der Waals surface area contributed by atoms with E-state index in [4.69, 9.17) is 9.47 Å². The lowest BCUT2D eigenvalue weighted by atomic mass is 10.1. The molecule has 74 valence electrons. The molecule has 0 aliphatic carbocycles. The normalized spacial score (nSPS) is 17.4. The lowest BCUT2D eigenvalue weighted by Gasteiger charge is -2.10. The van der Waals surface area contributed by atoms with Crippen molar-refractivity contribution >= 4 is 0 Å². The van der Waals surface area contributed by atoms with Crippen LogP contribution in [0.5, 0.6) is 0 Å². The Kier molecular flexibility index (Phi) is 4.19. The van der Waals surface area contributed by atoms with Gasteiger partial charge < -0.3 is 9.47 Å². The third kappa shape index (κ3) is 3.75. The van der Waals surface area contributed by atoms with Gasteiger partial charge >= 0.3 is 0 Å². The van der Waals surface area contributed by atoms with Gasteiger partial charge in [0.25, 0.3) is 0 Å². The number of hydrogen-bond acceptors (Lipinski definition) is 2. The number of ether oxygens (including phenoxy) is 2. The minimum absolute atomic E-state index is 0.148. The van der Waals surface area contributed by atoms with Crippen LogP contribution in [0.25, 0.3) is 0 Å². The molecule has 1 aliphatic heterocycles. The molecule has 1 saturated heterocycles. The Bertz CT molecular complexity index is 196. The van der Waals surface area contributed by atoms with Crippen molar-refractivity contribution in [3.8, 4) is 0 Å². The molecule has 0 saturated carbocycles. The van der Waals surface area contributed by atoms with Crippen molar-refractivity contribution in [1.29, 1.82) is 0 Å². The summed E-state index contributed by atoms with van der Waals surface area (Å²) in [4.78, 5) is 0. The van der Waals surface area contributed by atoms with Crippen molar-refractivity contribution in [2.45, 2.75) is 33.0 Å². The summed E-state index contributed by atoms with van der Waals surface area (Å²) in [5.74, 6) is 0. The highest BCUT2D eigenvalue weighted by molar-refractivity contribution is 5.03. The van der Waals surface area contributed by atoms with Crippen LogP contribution in [-0.4, -0.2) is 19.5 Å². The van der Waals surface area contributed by atoms with E-state index in [0.717, 1.165) is 18.4 Å². The van der Waals surface area contributed by atoms with E-state index in [1.54, 1.807) is 0 Å². The first-order chi connectivity index (χ1) is 6.20. The first-order valence-electron chi connectivity index (χ1n) is 4.74. The van der Waals surface area contributed by atoms with Crippen LogP contribution in [-0.2, 0) is 9.47 Å². The van der Waals surface area contributed by atoms with E-state index < -0.39 is 0 Å². The molecular formula is C11H18O2. The second-order valence-corrected chi connectivity index (χ2v) is 3.55. The van der Waals surface area contributed by atoms with Crippen molar-refractivity contribution in [2.75, 3.05) is 13.2 Å². The molecule has 0 spiro atoms. The van der Waals surface area contributed by atoms with Crippen LogP contribution >= 0.6 is 0 Å². The third-order valence-corrected chi connectivity index (χ3v) is 1.97. The Balaban J connectivity index is 2.21.